The molecule has 0 heterocycles. The van der Waals surface area contributed by atoms with Gasteiger partial charge in [0.05, 0.1) is 0 Å². The Kier molecular flexibility index (Phi) is 5.69. The monoisotopic (exact) mass is 213 g/mol. The van der Waals surface area contributed by atoms with Crippen molar-refractivity contribution in [2.75, 3.05) is 13.1 Å². The van der Waals surface area contributed by atoms with Crippen LogP contribution < -0.4 is 5.32 Å². The summed E-state index contributed by atoms with van der Waals surface area (Å²) in [5.41, 5.74) is 0. The number of rotatable bonds is 6. The maximum absolute atomic E-state index is 10.3. The Morgan fingerprint density at radius 2 is 2.00 bits per heavy atom. The first-order valence-corrected chi connectivity index (χ1v) is 6.11. The zero-order valence-corrected chi connectivity index (χ0v) is 9.67. The molecule has 0 aromatic carbocycles. The summed E-state index contributed by atoms with van der Waals surface area (Å²) in [6.07, 6.45) is 6.44. The molecule has 0 aromatic heterocycles. The van der Waals surface area contributed by atoms with Crippen LogP contribution in [0.2, 0.25) is 0 Å². The molecule has 0 saturated heterocycles. The van der Waals surface area contributed by atoms with Crippen LogP contribution in [0.4, 0.5) is 0 Å². The topological polar surface area (TPSA) is 49.3 Å². The molecule has 2 N–H and O–H groups in total. The van der Waals surface area contributed by atoms with E-state index in [1.165, 1.54) is 25.7 Å². The molecule has 15 heavy (non-hydrogen) atoms. The van der Waals surface area contributed by atoms with Gasteiger partial charge in [-0.25, -0.2) is 0 Å². The number of carboxylic acid groups (broad SMARTS) is 1. The molecule has 0 spiro atoms. The van der Waals surface area contributed by atoms with Crippen molar-refractivity contribution in [2.24, 2.45) is 11.8 Å². The maximum Gasteiger partial charge on any atom is 0.303 e. The van der Waals surface area contributed by atoms with Gasteiger partial charge in [0.25, 0.3) is 0 Å². The fourth-order valence-corrected chi connectivity index (χ4v) is 2.20. The summed E-state index contributed by atoms with van der Waals surface area (Å²) in [6.45, 7) is 4.25. The molecule has 1 fully saturated rings. The van der Waals surface area contributed by atoms with Crippen molar-refractivity contribution in [2.45, 2.75) is 45.4 Å². The first kappa shape index (κ1) is 12.5. The van der Waals surface area contributed by atoms with E-state index >= 15 is 0 Å². The van der Waals surface area contributed by atoms with E-state index in [1.807, 2.05) is 0 Å². The molecular formula is C12H23NO2. The van der Waals surface area contributed by atoms with Crippen LogP contribution in [0.1, 0.15) is 45.4 Å². The van der Waals surface area contributed by atoms with Crippen molar-refractivity contribution in [3.05, 3.63) is 0 Å². The normalized spacial score (nSPS) is 26.5. The molecule has 0 atom stereocenters. The van der Waals surface area contributed by atoms with Crippen LogP contribution in [-0.2, 0) is 4.79 Å². The van der Waals surface area contributed by atoms with Crippen molar-refractivity contribution < 1.29 is 9.90 Å². The molecule has 3 heteroatoms. The lowest BCUT2D eigenvalue weighted by Gasteiger charge is -2.26. The standard InChI is InChI=1S/C12H23NO2/c1-10-4-6-11(7-5-10)9-13-8-2-3-12(14)15/h10-11,13H,2-9H2,1H3,(H,14,15). The molecule has 0 radical (unpaired) electrons. The summed E-state index contributed by atoms with van der Waals surface area (Å²) < 4.78 is 0. The number of hydrogen-bond acceptors (Lipinski definition) is 2. The van der Waals surface area contributed by atoms with Crippen LogP contribution in [0.5, 0.6) is 0 Å². The lowest BCUT2D eigenvalue weighted by atomic mass is 9.83. The molecule has 1 rings (SSSR count). The minimum Gasteiger partial charge on any atom is -0.481 e. The van der Waals surface area contributed by atoms with Gasteiger partial charge in [-0.05, 0) is 44.2 Å². The van der Waals surface area contributed by atoms with Crippen LogP contribution in [0, 0.1) is 11.8 Å². The Balaban J connectivity index is 1.94. The Morgan fingerprint density at radius 3 is 2.60 bits per heavy atom. The second-order valence-corrected chi connectivity index (χ2v) is 4.83. The van der Waals surface area contributed by atoms with E-state index in [-0.39, 0.29) is 6.42 Å². The highest BCUT2D eigenvalue weighted by Gasteiger charge is 2.17. The Labute approximate surface area is 92.3 Å². The molecule has 0 amide bonds. The quantitative estimate of drug-likeness (QED) is 0.665. The van der Waals surface area contributed by atoms with E-state index in [0.717, 1.165) is 31.3 Å². The second kappa shape index (κ2) is 6.83. The number of carbonyl (C=O) groups is 1. The van der Waals surface area contributed by atoms with E-state index < -0.39 is 5.97 Å². The largest absolute Gasteiger partial charge is 0.481 e. The van der Waals surface area contributed by atoms with Crippen LogP contribution in [0.3, 0.4) is 0 Å². The van der Waals surface area contributed by atoms with Crippen molar-refractivity contribution in [1.29, 1.82) is 0 Å². The lowest BCUT2D eigenvalue weighted by molar-refractivity contribution is -0.137. The Morgan fingerprint density at radius 1 is 1.33 bits per heavy atom. The van der Waals surface area contributed by atoms with E-state index in [2.05, 4.69) is 12.2 Å². The maximum atomic E-state index is 10.3. The molecule has 0 bridgehead atoms. The number of aliphatic carboxylic acids is 1. The van der Waals surface area contributed by atoms with Crippen LogP contribution >= 0.6 is 0 Å². The zero-order valence-electron chi connectivity index (χ0n) is 9.67. The summed E-state index contributed by atoms with van der Waals surface area (Å²) >= 11 is 0. The van der Waals surface area contributed by atoms with Gasteiger partial charge in [0.15, 0.2) is 0 Å². The fraction of sp³-hybridized carbons (Fsp3) is 0.917. The van der Waals surface area contributed by atoms with Gasteiger partial charge in [-0.2, -0.15) is 0 Å². The Hall–Kier alpha value is -0.570. The van der Waals surface area contributed by atoms with Gasteiger partial charge in [-0.3, -0.25) is 4.79 Å². The molecule has 0 aliphatic heterocycles. The molecule has 88 valence electrons. The third-order valence-electron chi connectivity index (χ3n) is 3.31. The first-order valence-electron chi connectivity index (χ1n) is 6.11. The van der Waals surface area contributed by atoms with Gasteiger partial charge >= 0.3 is 5.97 Å². The van der Waals surface area contributed by atoms with E-state index in [4.69, 9.17) is 5.11 Å². The van der Waals surface area contributed by atoms with Gasteiger partial charge in [-0.15, -0.1) is 0 Å². The smallest absolute Gasteiger partial charge is 0.303 e. The van der Waals surface area contributed by atoms with Gasteiger partial charge in [0.2, 0.25) is 0 Å². The minimum atomic E-state index is -0.691. The fourth-order valence-electron chi connectivity index (χ4n) is 2.20. The molecule has 1 aliphatic carbocycles. The predicted molar refractivity (Wildman–Crippen MR) is 60.9 cm³/mol. The van der Waals surface area contributed by atoms with Crippen LogP contribution in [0.15, 0.2) is 0 Å². The Bertz CT molecular complexity index is 186. The van der Waals surface area contributed by atoms with Crippen LogP contribution in [0.25, 0.3) is 0 Å². The molecular weight excluding hydrogens is 190 g/mol. The highest BCUT2D eigenvalue weighted by atomic mass is 16.4. The van der Waals surface area contributed by atoms with Crippen molar-refractivity contribution >= 4 is 5.97 Å². The molecule has 0 unspecified atom stereocenters. The third kappa shape index (κ3) is 5.78. The average molecular weight is 213 g/mol. The van der Waals surface area contributed by atoms with E-state index in [0.29, 0.717) is 0 Å². The third-order valence-corrected chi connectivity index (χ3v) is 3.31. The highest BCUT2D eigenvalue weighted by Crippen LogP contribution is 2.27. The van der Waals surface area contributed by atoms with Crippen molar-refractivity contribution in [1.82, 2.24) is 5.32 Å². The predicted octanol–water partition coefficient (Wildman–Crippen LogP) is 2.27. The molecule has 0 aromatic rings. The van der Waals surface area contributed by atoms with Crippen molar-refractivity contribution in [3.63, 3.8) is 0 Å². The lowest BCUT2D eigenvalue weighted by Crippen LogP contribution is -2.27. The van der Waals surface area contributed by atoms with Gasteiger partial charge in [-0.1, -0.05) is 19.8 Å². The van der Waals surface area contributed by atoms with Gasteiger partial charge < -0.3 is 10.4 Å². The van der Waals surface area contributed by atoms with Crippen molar-refractivity contribution in [3.8, 4) is 0 Å². The molecule has 1 saturated carbocycles. The van der Waals surface area contributed by atoms with E-state index in [1.54, 1.807) is 0 Å². The average Bonchev–Trinajstić information content (AvgIpc) is 2.20. The number of hydrogen-bond donors (Lipinski definition) is 2. The zero-order chi connectivity index (χ0) is 11.1. The van der Waals surface area contributed by atoms with Gasteiger partial charge in [0.1, 0.15) is 0 Å². The van der Waals surface area contributed by atoms with Crippen LogP contribution in [-0.4, -0.2) is 24.2 Å². The molecule has 1 aliphatic rings. The summed E-state index contributed by atoms with van der Waals surface area (Å²) in [4.78, 5) is 10.3. The van der Waals surface area contributed by atoms with E-state index in [9.17, 15) is 4.79 Å². The SMILES string of the molecule is CC1CCC(CNCCCC(=O)O)CC1. The first-order chi connectivity index (χ1) is 7.18. The number of carboxylic acids is 1. The second-order valence-electron chi connectivity index (χ2n) is 4.83. The summed E-state index contributed by atoms with van der Waals surface area (Å²) in [7, 11) is 0. The minimum absolute atomic E-state index is 0.286. The molecule has 3 nitrogen and oxygen atoms in total. The summed E-state index contributed by atoms with van der Waals surface area (Å²) in [5.74, 6) is 1.04. The highest BCUT2D eigenvalue weighted by molar-refractivity contribution is 5.66. The summed E-state index contributed by atoms with van der Waals surface area (Å²) in [6, 6.07) is 0. The number of nitrogens with one attached hydrogen (secondary N) is 1. The van der Waals surface area contributed by atoms with Gasteiger partial charge in [0, 0.05) is 6.42 Å². The summed E-state index contributed by atoms with van der Waals surface area (Å²) in [5, 5.41) is 11.8.